The lowest BCUT2D eigenvalue weighted by Crippen LogP contribution is -2.42. The quantitative estimate of drug-likeness (QED) is 0.438. The van der Waals surface area contributed by atoms with Crippen LogP contribution >= 0.6 is 0 Å². The smallest absolute Gasteiger partial charge is 0.298 e. The van der Waals surface area contributed by atoms with E-state index in [0.717, 1.165) is 13.5 Å². The molecule has 2 unspecified atom stereocenters. The van der Waals surface area contributed by atoms with E-state index in [1.54, 1.807) is 14.0 Å². The van der Waals surface area contributed by atoms with Gasteiger partial charge in [0, 0.05) is 21.7 Å². The molecule has 0 aromatic heterocycles. The Balaban J connectivity index is 0. The summed E-state index contributed by atoms with van der Waals surface area (Å²) in [6.07, 6.45) is 0.646. The molecule has 2 atom stereocenters. The fourth-order valence-corrected chi connectivity index (χ4v) is 3.79. The summed E-state index contributed by atoms with van der Waals surface area (Å²) in [5.74, 6) is -0.448. The molecule has 0 aliphatic rings. The molecule has 0 fully saturated rings. The topological polar surface area (TPSA) is 134 Å². The SMILES string of the molecule is CCC(CC(=O)Nc1ccc(OC)cc1S(=O)(=O)OC)(OC)C(C)=O.CCC(OC)C(C)=O.[HH]. The standard InChI is InChI=1S/C16H23NO7S.C6H12O2.H2/c1-6-16(23-4,11(2)18)10-15(19)17-13-8-7-12(22-3)9-14(13)25(20,21)24-5;1-4-6(8-3)5(2)7;/h7-9H,6,10H2,1-5H3,(H,17,19);6H,4H2,1-3H3;1H. The van der Waals surface area contributed by atoms with Crippen LogP contribution in [0.4, 0.5) is 5.69 Å². The second kappa shape index (κ2) is 14.0. The van der Waals surface area contributed by atoms with E-state index in [4.69, 9.17) is 14.2 Å². The molecule has 0 heterocycles. The first-order valence-electron chi connectivity index (χ1n) is 10.3. The predicted molar refractivity (Wildman–Crippen MR) is 125 cm³/mol. The van der Waals surface area contributed by atoms with Crippen LogP contribution in [0.15, 0.2) is 23.1 Å². The molecule has 0 radical (unpaired) electrons. The third-order valence-electron chi connectivity index (χ3n) is 5.11. The van der Waals surface area contributed by atoms with Crippen molar-refractivity contribution in [3.8, 4) is 5.75 Å². The largest absolute Gasteiger partial charge is 0.497 e. The molecule has 11 heteroatoms. The third-order valence-corrected chi connectivity index (χ3v) is 6.43. The van der Waals surface area contributed by atoms with Gasteiger partial charge in [0.2, 0.25) is 5.91 Å². The Bertz CT molecular complexity index is 911. The number of carbonyl (C=O) groups is 3. The first kappa shape index (κ1) is 30.7. The normalized spacial score (nSPS) is 13.7. The van der Waals surface area contributed by atoms with Crippen molar-refractivity contribution in [2.24, 2.45) is 0 Å². The molecule has 0 spiro atoms. The number of ketones is 2. The summed E-state index contributed by atoms with van der Waals surface area (Å²) in [6, 6.07) is 4.12. The van der Waals surface area contributed by atoms with E-state index in [1.807, 2.05) is 6.92 Å². The van der Waals surface area contributed by atoms with Crippen LogP contribution in [0.25, 0.3) is 0 Å². The molecular formula is C22H37NO9S. The van der Waals surface area contributed by atoms with Gasteiger partial charge in [0.05, 0.1) is 26.3 Å². The zero-order valence-corrected chi connectivity index (χ0v) is 21.3. The van der Waals surface area contributed by atoms with Gasteiger partial charge in [-0.2, -0.15) is 8.42 Å². The molecule has 1 amide bonds. The second-order valence-corrected chi connectivity index (χ2v) is 8.74. The maximum atomic E-state index is 12.4. The molecule has 1 aromatic rings. The Morgan fingerprint density at radius 3 is 2.03 bits per heavy atom. The van der Waals surface area contributed by atoms with Gasteiger partial charge in [-0.15, -0.1) is 0 Å². The number of nitrogens with one attached hydrogen (secondary N) is 1. The number of hydrogen-bond acceptors (Lipinski definition) is 9. The van der Waals surface area contributed by atoms with Gasteiger partial charge in [0.25, 0.3) is 10.1 Å². The Labute approximate surface area is 197 Å². The molecule has 0 bridgehead atoms. The fraction of sp³-hybridized carbons (Fsp3) is 0.591. The zero-order valence-electron chi connectivity index (χ0n) is 20.5. The summed E-state index contributed by atoms with van der Waals surface area (Å²) >= 11 is 0. The highest BCUT2D eigenvalue weighted by molar-refractivity contribution is 7.87. The van der Waals surface area contributed by atoms with Crippen LogP contribution in [0.3, 0.4) is 0 Å². The van der Waals surface area contributed by atoms with E-state index in [9.17, 15) is 22.8 Å². The third kappa shape index (κ3) is 8.84. The monoisotopic (exact) mass is 491 g/mol. The van der Waals surface area contributed by atoms with Gasteiger partial charge in [-0.1, -0.05) is 13.8 Å². The first-order chi connectivity index (χ1) is 15.4. The number of anilines is 1. The molecule has 1 rings (SSSR count). The minimum atomic E-state index is -4.07. The van der Waals surface area contributed by atoms with Crippen molar-refractivity contribution in [1.29, 1.82) is 0 Å². The van der Waals surface area contributed by atoms with Crippen LogP contribution in [0.1, 0.15) is 48.4 Å². The predicted octanol–water partition coefficient (Wildman–Crippen LogP) is 2.99. The highest BCUT2D eigenvalue weighted by Gasteiger charge is 2.36. The summed E-state index contributed by atoms with van der Waals surface area (Å²) in [5, 5.41) is 2.50. The van der Waals surface area contributed by atoms with E-state index in [-0.39, 0.29) is 41.9 Å². The molecule has 0 saturated heterocycles. The number of Topliss-reactive ketones (excluding diaryl/α,β-unsaturated/α-hetero) is 2. The molecule has 0 aliphatic heterocycles. The minimum absolute atomic E-state index is 0. The van der Waals surface area contributed by atoms with Crippen LogP contribution in [0.2, 0.25) is 0 Å². The summed E-state index contributed by atoms with van der Waals surface area (Å²) in [7, 11) is 1.24. The highest BCUT2D eigenvalue weighted by Crippen LogP contribution is 2.29. The average Bonchev–Trinajstić information content (AvgIpc) is 2.78. The van der Waals surface area contributed by atoms with Gasteiger partial charge >= 0.3 is 0 Å². The second-order valence-electron chi connectivity index (χ2n) is 7.06. The van der Waals surface area contributed by atoms with Crippen molar-refractivity contribution in [3.63, 3.8) is 0 Å². The van der Waals surface area contributed by atoms with Crippen LogP contribution in [0.5, 0.6) is 5.75 Å². The lowest BCUT2D eigenvalue weighted by Gasteiger charge is -2.27. The highest BCUT2D eigenvalue weighted by atomic mass is 32.2. The molecule has 1 aromatic carbocycles. The molecule has 1 N–H and O–H groups in total. The molecule has 10 nitrogen and oxygen atoms in total. The van der Waals surface area contributed by atoms with Crippen LogP contribution in [-0.4, -0.2) is 66.0 Å². The number of carbonyl (C=O) groups excluding carboxylic acids is 3. The van der Waals surface area contributed by atoms with Crippen LogP contribution in [0, 0.1) is 0 Å². The van der Waals surface area contributed by atoms with E-state index >= 15 is 0 Å². The van der Waals surface area contributed by atoms with Gasteiger partial charge in [0.15, 0.2) is 11.6 Å². The van der Waals surface area contributed by atoms with Gasteiger partial charge in [-0.25, -0.2) is 0 Å². The van der Waals surface area contributed by atoms with Crippen molar-refractivity contribution in [1.82, 2.24) is 0 Å². The number of amides is 1. The molecule has 33 heavy (non-hydrogen) atoms. The van der Waals surface area contributed by atoms with Crippen LogP contribution in [-0.2, 0) is 38.2 Å². The maximum absolute atomic E-state index is 12.4. The minimum Gasteiger partial charge on any atom is -0.497 e. The summed E-state index contributed by atoms with van der Waals surface area (Å²) in [5.41, 5.74) is -1.23. The lowest BCUT2D eigenvalue weighted by molar-refractivity contribution is -0.144. The van der Waals surface area contributed by atoms with E-state index < -0.39 is 21.6 Å². The van der Waals surface area contributed by atoms with Crippen molar-refractivity contribution in [2.75, 3.05) is 33.8 Å². The summed E-state index contributed by atoms with van der Waals surface area (Å²) in [4.78, 5) is 34.4. The van der Waals surface area contributed by atoms with E-state index in [2.05, 4.69) is 9.50 Å². The lowest BCUT2D eigenvalue weighted by atomic mass is 9.91. The number of hydrogen-bond donors (Lipinski definition) is 1. The summed E-state index contributed by atoms with van der Waals surface area (Å²) < 4.78 is 43.7. The maximum Gasteiger partial charge on any atom is 0.298 e. The Morgan fingerprint density at radius 2 is 1.70 bits per heavy atom. The van der Waals surface area contributed by atoms with Crippen molar-refractivity contribution < 1.29 is 42.6 Å². The molecule has 0 aliphatic carbocycles. The van der Waals surface area contributed by atoms with E-state index in [1.165, 1.54) is 46.3 Å². The van der Waals surface area contributed by atoms with E-state index in [0.29, 0.717) is 6.42 Å². The number of rotatable bonds is 12. The number of ether oxygens (including phenoxy) is 3. The Morgan fingerprint density at radius 1 is 1.09 bits per heavy atom. The first-order valence-corrected chi connectivity index (χ1v) is 11.7. The Hall–Kier alpha value is -2.34. The number of benzene rings is 1. The van der Waals surface area contributed by atoms with Gasteiger partial charge in [-0.05, 0) is 38.8 Å². The molecule has 190 valence electrons. The average molecular weight is 492 g/mol. The number of methoxy groups -OCH3 is 3. The van der Waals surface area contributed by atoms with Gasteiger partial charge < -0.3 is 19.5 Å². The van der Waals surface area contributed by atoms with Gasteiger partial charge in [0.1, 0.15) is 22.4 Å². The zero-order chi connectivity index (χ0) is 25.8. The summed E-state index contributed by atoms with van der Waals surface area (Å²) in [6.45, 7) is 6.54. The van der Waals surface area contributed by atoms with Crippen molar-refractivity contribution in [2.45, 2.75) is 63.6 Å². The van der Waals surface area contributed by atoms with Crippen molar-refractivity contribution >= 4 is 33.3 Å². The molecular weight excluding hydrogens is 454 g/mol. The van der Waals surface area contributed by atoms with Crippen LogP contribution < -0.4 is 10.1 Å². The van der Waals surface area contributed by atoms with Gasteiger partial charge in [-0.3, -0.25) is 18.6 Å². The molecule has 0 saturated carbocycles. The fourth-order valence-electron chi connectivity index (χ4n) is 2.96. The Kier molecular flexibility index (Phi) is 13.0. The van der Waals surface area contributed by atoms with Crippen molar-refractivity contribution in [3.05, 3.63) is 18.2 Å².